The zero-order valence-electron chi connectivity index (χ0n) is 6.60. The summed E-state index contributed by atoms with van der Waals surface area (Å²) in [6, 6.07) is -0.420. The van der Waals surface area contributed by atoms with Crippen LogP contribution in [0.2, 0.25) is 0 Å². The summed E-state index contributed by atoms with van der Waals surface area (Å²) in [7, 11) is 0. The smallest absolute Gasteiger partial charge is 0.248 e. The zero-order chi connectivity index (χ0) is 9.14. The van der Waals surface area contributed by atoms with E-state index in [1.165, 1.54) is 0 Å². The van der Waals surface area contributed by atoms with E-state index >= 15 is 0 Å². The van der Waals surface area contributed by atoms with Gasteiger partial charge in [0.25, 0.3) is 0 Å². The molecule has 6 nitrogen and oxygen atoms in total. The molecular weight excluding hydrogens is 162 g/mol. The minimum Gasteiger partial charge on any atom is -0.326 e. The molecule has 1 fully saturated rings. The number of hydrogen-bond acceptors (Lipinski definition) is 5. The Morgan fingerprint density at radius 3 is 2.83 bits per heavy atom. The quantitative estimate of drug-likeness (QED) is 0.288. The van der Waals surface area contributed by atoms with Crippen molar-refractivity contribution in [2.75, 3.05) is 13.1 Å². The minimum atomic E-state index is -0.476. The fraction of sp³-hybridized carbons (Fsp3) is 0.833. The first-order valence-corrected chi connectivity index (χ1v) is 3.78. The molecule has 0 saturated carbocycles. The van der Waals surface area contributed by atoms with Crippen molar-refractivity contribution in [3.63, 3.8) is 0 Å². The summed E-state index contributed by atoms with van der Waals surface area (Å²) in [5, 5.41) is 18.4. The molecule has 70 valence electrons. The first-order chi connectivity index (χ1) is 5.65. The highest BCUT2D eigenvalue weighted by Crippen LogP contribution is 2.14. The number of hydroxylamine groups is 3. The summed E-state index contributed by atoms with van der Waals surface area (Å²) >= 11 is 0. The topological polar surface area (TPSA) is 98.8 Å². The predicted octanol–water partition coefficient (Wildman–Crippen LogP) is -1.47. The highest BCUT2D eigenvalue weighted by molar-refractivity contribution is 5.78. The Labute approximate surface area is 69.9 Å². The fourth-order valence-electron chi connectivity index (χ4n) is 1.37. The molecular formula is C6H13N3O3. The maximum atomic E-state index is 10.9. The van der Waals surface area contributed by atoms with Crippen molar-refractivity contribution in [2.24, 2.45) is 11.7 Å². The van der Waals surface area contributed by atoms with Crippen LogP contribution in [0.5, 0.6) is 0 Å². The van der Waals surface area contributed by atoms with Crippen LogP contribution in [-0.4, -0.2) is 40.5 Å². The molecule has 1 aliphatic rings. The van der Waals surface area contributed by atoms with Gasteiger partial charge in [-0.3, -0.25) is 10.0 Å². The lowest BCUT2D eigenvalue weighted by Crippen LogP contribution is -2.52. The minimum absolute atomic E-state index is 0.262. The summed E-state index contributed by atoms with van der Waals surface area (Å²) in [6.07, 6.45) is 0.462. The summed E-state index contributed by atoms with van der Waals surface area (Å²) < 4.78 is 0. The Balaban J connectivity index is 2.50. The summed E-state index contributed by atoms with van der Waals surface area (Å²) in [5.74, 6) is -0.881. The third-order valence-electron chi connectivity index (χ3n) is 2.08. The highest BCUT2D eigenvalue weighted by atomic mass is 16.5. The Hall–Kier alpha value is -0.690. The largest absolute Gasteiger partial charge is 0.326 e. The molecule has 0 unspecified atom stereocenters. The lowest BCUT2D eigenvalue weighted by atomic mass is 9.93. The van der Waals surface area contributed by atoms with Gasteiger partial charge in [-0.1, -0.05) is 0 Å². The molecule has 1 rings (SSSR count). The fourth-order valence-corrected chi connectivity index (χ4v) is 1.37. The van der Waals surface area contributed by atoms with Gasteiger partial charge in [0.1, 0.15) is 0 Å². The molecule has 0 aromatic rings. The molecule has 0 bridgehead atoms. The van der Waals surface area contributed by atoms with E-state index in [0.29, 0.717) is 13.0 Å². The van der Waals surface area contributed by atoms with Gasteiger partial charge in [0.15, 0.2) is 0 Å². The van der Waals surface area contributed by atoms with Crippen LogP contribution in [0, 0.1) is 5.92 Å². The van der Waals surface area contributed by atoms with Crippen LogP contribution >= 0.6 is 0 Å². The first-order valence-electron chi connectivity index (χ1n) is 3.78. The van der Waals surface area contributed by atoms with Crippen LogP contribution in [0.1, 0.15) is 6.42 Å². The molecule has 0 radical (unpaired) electrons. The highest BCUT2D eigenvalue weighted by Gasteiger charge is 2.30. The lowest BCUT2D eigenvalue weighted by molar-refractivity contribution is -0.145. The van der Waals surface area contributed by atoms with Gasteiger partial charge in [0, 0.05) is 19.1 Å². The van der Waals surface area contributed by atoms with Gasteiger partial charge >= 0.3 is 0 Å². The zero-order valence-corrected chi connectivity index (χ0v) is 6.60. The van der Waals surface area contributed by atoms with Crippen LogP contribution in [0.15, 0.2) is 0 Å². The molecule has 12 heavy (non-hydrogen) atoms. The molecule has 1 amide bonds. The molecule has 2 atom stereocenters. The Kier molecular flexibility index (Phi) is 2.99. The third-order valence-corrected chi connectivity index (χ3v) is 2.08. The van der Waals surface area contributed by atoms with E-state index in [4.69, 9.17) is 16.1 Å². The van der Waals surface area contributed by atoms with Gasteiger partial charge in [-0.15, -0.1) is 0 Å². The van der Waals surface area contributed by atoms with E-state index in [0.717, 1.165) is 5.06 Å². The predicted molar refractivity (Wildman–Crippen MR) is 39.4 cm³/mol. The number of rotatable bonds is 1. The second-order valence-corrected chi connectivity index (χ2v) is 2.95. The van der Waals surface area contributed by atoms with Crippen molar-refractivity contribution in [3.05, 3.63) is 0 Å². The molecule has 0 aromatic heterocycles. The van der Waals surface area contributed by atoms with Crippen LogP contribution in [0.25, 0.3) is 0 Å². The van der Waals surface area contributed by atoms with Gasteiger partial charge in [-0.25, -0.2) is 5.48 Å². The van der Waals surface area contributed by atoms with Crippen molar-refractivity contribution in [2.45, 2.75) is 12.5 Å². The molecule has 1 saturated heterocycles. The molecule has 1 heterocycles. The summed E-state index contributed by atoms with van der Waals surface area (Å²) in [6.45, 7) is 0.671. The number of nitrogens with zero attached hydrogens (tertiary/aromatic N) is 1. The van der Waals surface area contributed by atoms with Crippen molar-refractivity contribution in [1.29, 1.82) is 0 Å². The number of amides is 1. The number of hydrogen-bond donors (Lipinski definition) is 4. The second-order valence-electron chi connectivity index (χ2n) is 2.95. The number of piperidine rings is 1. The molecule has 0 aromatic carbocycles. The average molecular weight is 175 g/mol. The monoisotopic (exact) mass is 175 g/mol. The van der Waals surface area contributed by atoms with E-state index in [9.17, 15) is 4.79 Å². The van der Waals surface area contributed by atoms with Gasteiger partial charge in [0.2, 0.25) is 5.91 Å². The first kappa shape index (κ1) is 9.40. The van der Waals surface area contributed by atoms with Crippen LogP contribution in [0.4, 0.5) is 0 Å². The molecule has 1 aliphatic heterocycles. The van der Waals surface area contributed by atoms with Gasteiger partial charge in [-0.2, -0.15) is 5.06 Å². The third kappa shape index (κ3) is 1.92. The number of nitrogens with two attached hydrogens (primary N) is 1. The van der Waals surface area contributed by atoms with Gasteiger partial charge in [-0.05, 0) is 6.42 Å². The standard InChI is InChI=1S/C6H13N3O3/c7-5-3-9(12)2-1-4(5)6(10)8-11/h4-5,11-12H,1-3,7H2,(H,8,10)/t4-,5+/m0/s1. The van der Waals surface area contributed by atoms with Gasteiger partial charge < -0.3 is 10.9 Å². The average Bonchev–Trinajstić information content (AvgIpc) is 2.03. The molecule has 6 heteroatoms. The summed E-state index contributed by atoms with van der Waals surface area (Å²) in [4.78, 5) is 10.9. The maximum absolute atomic E-state index is 10.9. The Bertz CT molecular complexity index is 175. The Morgan fingerprint density at radius 2 is 2.33 bits per heavy atom. The number of carbonyl (C=O) groups excluding carboxylic acids is 1. The van der Waals surface area contributed by atoms with E-state index in [1.54, 1.807) is 5.48 Å². The van der Waals surface area contributed by atoms with Crippen molar-refractivity contribution < 1.29 is 15.2 Å². The Morgan fingerprint density at radius 1 is 1.67 bits per heavy atom. The summed E-state index contributed by atoms with van der Waals surface area (Å²) in [5.41, 5.74) is 7.13. The van der Waals surface area contributed by atoms with Crippen molar-refractivity contribution in [1.82, 2.24) is 10.5 Å². The molecule has 0 spiro atoms. The van der Waals surface area contributed by atoms with E-state index < -0.39 is 17.9 Å². The SMILES string of the molecule is N[C@@H]1CN(O)CC[C@@H]1C(=O)NO. The van der Waals surface area contributed by atoms with Crippen molar-refractivity contribution in [3.8, 4) is 0 Å². The van der Waals surface area contributed by atoms with E-state index in [1.807, 2.05) is 0 Å². The van der Waals surface area contributed by atoms with E-state index in [-0.39, 0.29) is 6.54 Å². The van der Waals surface area contributed by atoms with Gasteiger partial charge in [0.05, 0.1) is 5.92 Å². The van der Waals surface area contributed by atoms with Crippen molar-refractivity contribution >= 4 is 5.91 Å². The van der Waals surface area contributed by atoms with Crippen LogP contribution < -0.4 is 11.2 Å². The molecule has 0 aliphatic carbocycles. The van der Waals surface area contributed by atoms with Crippen LogP contribution in [0.3, 0.4) is 0 Å². The molecule has 5 N–H and O–H groups in total. The second kappa shape index (κ2) is 3.81. The number of nitrogens with one attached hydrogen (secondary N) is 1. The lowest BCUT2D eigenvalue weighted by Gasteiger charge is -2.31. The normalized spacial score (nSPS) is 31.6. The number of carbonyl (C=O) groups is 1. The van der Waals surface area contributed by atoms with E-state index in [2.05, 4.69) is 0 Å². The van der Waals surface area contributed by atoms with Crippen LogP contribution in [-0.2, 0) is 4.79 Å². The maximum Gasteiger partial charge on any atom is 0.248 e.